The predicted octanol–water partition coefficient (Wildman–Crippen LogP) is 3.57. The lowest BCUT2D eigenvalue weighted by molar-refractivity contribution is -0.134. The molecule has 8 atom stereocenters. The van der Waals surface area contributed by atoms with Crippen LogP contribution in [0.15, 0.2) is 0 Å². The molecule has 4 fully saturated rings. The molecule has 0 bridgehead atoms. The number of fused-ring (bicyclic) bond motifs is 5. The summed E-state index contributed by atoms with van der Waals surface area (Å²) in [5.41, 5.74) is -0.308. The largest absolute Gasteiger partial charge is 0.390 e. The monoisotopic (exact) mass is 334 g/mol. The molecule has 4 rings (SSSR count). The van der Waals surface area contributed by atoms with Crippen molar-refractivity contribution in [1.29, 1.82) is 0 Å². The molecular weight excluding hydrogens is 300 g/mol. The number of aliphatic hydroxyl groups excluding tert-OH is 1. The minimum Gasteiger partial charge on any atom is -0.390 e. The van der Waals surface area contributed by atoms with Crippen molar-refractivity contribution in [3.05, 3.63) is 0 Å². The van der Waals surface area contributed by atoms with Crippen molar-refractivity contribution in [2.45, 2.75) is 77.2 Å². The number of carbonyl (C=O) groups is 1. The molecule has 136 valence electrons. The van der Waals surface area contributed by atoms with Crippen molar-refractivity contribution < 1.29 is 15.0 Å². The number of carbonyl (C=O) groups excluding carboxylic acids is 1. The van der Waals surface area contributed by atoms with Gasteiger partial charge in [0.15, 0.2) is 5.78 Å². The maximum Gasteiger partial charge on any atom is 0.161 e. The third kappa shape index (κ3) is 2.49. The van der Waals surface area contributed by atoms with Gasteiger partial charge in [-0.2, -0.15) is 0 Å². The first-order valence-corrected chi connectivity index (χ1v) is 10.2. The lowest BCUT2D eigenvalue weighted by Gasteiger charge is -2.56. The van der Waals surface area contributed by atoms with Crippen LogP contribution in [0.4, 0.5) is 0 Å². The molecular formula is C21H34O3. The van der Waals surface area contributed by atoms with Gasteiger partial charge in [0.2, 0.25) is 0 Å². The van der Waals surface area contributed by atoms with Crippen molar-refractivity contribution in [3.63, 3.8) is 0 Å². The number of hydrogen-bond acceptors (Lipinski definition) is 3. The zero-order chi connectivity index (χ0) is 17.1. The second kappa shape index (κ2) is 5.81. The first kappa shape index (κ1) is 17.0. The quantitative estimate of drug-likeness (QED) is 0.812. The summed E-state index contributed by atoms with van der Waals surface area (Å²) in [5.74, 6) is 3.99. The summed E-state index contributed by atoms with van der Waals surface area (Å²) in [4.78, 5) is 12.3. The third-order valence-corrected chi connectivity index (χ3v) is 8.78. The van der Waals surface area contributed by atoms with E-state index >= 15 is 0 Å². The molecule has 4 saturated carbocycles. The van der Waals surface area contributed by atoms with E-state index in [1.807, 2.05) is 6.92 Å². The first-order valence-electron chi connectivity index (χ1n) is 10.2. The van der Waals surface area contributed by atoms with Crippen molar-refractivity contribution in [2.24, 2.45) is 40.9 Å². The molecule has 0 aromatic heterocycles. The molecule has 0 spiro atoms. The molecule has 2 N–H and O–H groups in total. The van der Waals surface area contributed by atoms with E-state index in [0.29, 0.717) is 5.92 Å². The van der Waals surface area contributed by atoms with Gasteiger partial charge in [0.25, 0.3) is 0 Å². The summed E-state index contributed by atoms with van der Waals surface area (Å²) >= 11 is 0. The minimum atomic E-state index is -0.441. The zero-order valence-corrected chi connectivity index (χ0v) is 15.3. The first-order chi connectivity index (χ1) is 11.4. The van der Waals surface area contributed by atoms with E-state index in [4.69, 9.17) is 0 Å². The molecule has 3 nitrogen and oxygen atoms in total. The average molecular weight is 335 g/mol. The van der Waals surface area contributed by atoms with E-state index in [0.717, 1.165) is 49.4 Å². The summed E-state index contributed by atoms with van der Waals surface area (Å²) < 4.78 is 0. The van der Waals surface area contributed by atoms with Gasteiger partial charge >= 0.3 is 0 Å². The summed E-state index contributed by atoms with van der Waals surface area (Å²) in [6, 6.07) is 0. The van der Waals surface area contributed by atoms with Gasteiger partial charge < -0.3 is 10.2 Å². The Bertz CT molecular complexity index is 513. The van der Waals surface area contributed by atoms with Crippen LogP contribution in [-0.4, -0.2) is 28.2 Å². The Labute approximate surface area is 146 Å². The fourth-order valence-corrected chi connectivity index (χ4v) is 7.72. The Balaban J connectivity index is 1.54. The molecule has 0 aromatic rings. The third-order valence-electron chi connectivity index (χ3n) is 8.78. The van der Waals surface area contributed by atoms with E-state index in [1.54, 1.807) is 0 Å². The number of ketones is 1. The fraction of sp³-hybridized carbons (Fsp3) is 0.952. The van der Waals surface area contributed by atoms with Crippen LogP contribution in [-0.2, 0) is 4.79 Å². The topological polar surface area (TPSA) is 57.5 Å². The van der Waals surface area contributed by atoms with Crippen molar-refractivity contribution >= 4 is 5.78 Å². The van der Waals surface area contributed by atoms with Gasteiger partial charge in [0.1, 0.15) is 6.61 Å². The molecule has 7 unspecified atom stereocenters. The highest BCUT2D eigenvalue weighted by molar-refractivity contribution is 5.83. The van der Waals surface area contributed by atoms with Crippen molar-refractivity contribution in [2.75, 3.05) is 6.61 Å². The second-order valence-electron chi connectivity index (χ2n) is 9.97. The van der Waals surface area contributed by atoms with Gasteiger partial charge in [0, 0.05) is 5.92 Å². The van der Waals surface area contributed by atoms with Crippen LogP contribution in [0.5, 0.6) is 0 Å². The van der Waals surface area contributed by atoms with Crippen LogP contribution in [0.25, 0.3) is 0 Å². The van der Waals surface area contributed by atoms with Crippen LogP contribution < -0.4 is 0 Å². The Morgan fingerprint density at radius 3 is 2.46 bits per heavy atom. The number of rotatable bonds is 2. The zero-order valence-electron chi connectivity index (χ0n) is 15.3. The van der Waals surface area contributed by atoms with Crippen molar-refractivity contribution in [3.8, 4) is 0 Å². The Morgan fingerprint density at radius 1 is 0.958 bits per heavy atom. The fourth-order valence-electron chi connectivity index (χ4n) is 7.72. The molecule has 3 heteroatoms. The lowest BCUT2D eigenvalue weighted by atomic mass is 9.49. The van der Waals surface area contributed by atoms with E-state index in [9.17, 15) is 15.0 Å². The van der Waals surface area contributed by atoms with Crippen LogP contribution in [0.3, 0.4) is 0 Å². The lowest BCUT2D eigenvalue weighted by Crippen LogP contribution is -2.51. The SMILES string of the molecule is CC12CCC3C4CC[C@](C)(O)CC4CCC3C1CCC2C(=O)CO. The summed E-state index contributed by atoms with van der Waals surface area (Å²) in [5, 5.41) is 19.8. The van der Waals surface area contributed by atoms with E-state index < -0.39 is 5.60 Å². The predicted molar refractivity (Wildman–Crippen MR) is 93.3 cm³/mol. The van der Waals surface area contributed by atoms with E-state index in [-0.39, 0.29) is 23.7 Å². The molecule has 0 aromatic carbocycles. The van der Waals surface area contributed by atoms with Crippen LogP contribution >= 0.6 is 0 Å². The molecule has 24 heavy (non-hydrogen) atoms. The Kier molecular flexibility index (Phi) is 4.12. The van der Waals surface area contributed by atoms with E-state index in [1.165, 1.54) is 32.1 Å². The molecule has 0 heterocycles. The Hall–Kier alpha value is -0.410. The smallest absolute Gasteiger partial charge is 0.161 e. The summed E-state index contributed by atoms with van der Waals surface area (Å²) in [6.45, 7) is 4.09. The summed E-state index contributed by atoms with van der Waals surface area (Å²) in [7, 11) is 0. The summed E-state index contributed by atoms with van der Waals surface area (Å²) in [6.07, 6.45) is 10.3. The highest BCUT2D eigenvalue weighted by atomic mass is 16.3. The standard InChI is InChI=1S/C21H34O3/c1-20(24)9-7-14-13(11-20)3-4-16-15(14)8-10-21(2)17(16)5-6-18(21)19(23)12-22/h13-18,22,24H,3-12H2,1-2H3/t13?,14?,15?,16?,17?,18?,20-,21?/m0/s1. The number of aliphatic hydroxyl groups is 2. The maximum absolute atomic E-state index is 12.3. The normalized spacial score (nSPS) is 53.8. The minimum absolute atomic E-state index is 0.0841. The number of Topliss-reactive ketones (excluding diaryl/α,β-unsaturated/α-hetero) is 1. The van der Waals surface area contributed by atoms with Gasteiger partial charge in [-0.05, 0) is 99.7 Å². The van der Waals surface area contributed by atoms with Gasteiger partial charge in [0.05, 0.1) is 5.60 Å². The maximum atomic E-state index is 12.3. The molecule has 0 aliphatic heterocycles. The van der Waals surface area contributed by atoms with E-state index in [2.05, 4.69) is 6.92 Å². The molecule has 4 aliphatic rings. The van der Waals surface area contributed by atoms with Gasteiger partial charge in [-0.25, -0.2) is 0 Å². The van der Waals surface area contributed by atoms with Gasteiger partial charge in [-0.15, -0.1) is 0 Å². The average Bonchev–Trinajstić information content (AvgIpc) is 2.90. The number of hydrogen-bond donors (Lipinski definition) is 2. The molecule has 4 aliphatic carbocycles. The highest BCUT2D eigenvalue weighted by Crippen LogP contribution is 2.64. The van der Waals surface area contributed by atoms with Crippen LogP contribution in [0, 0.1) is 40.9 Å². The van der Waals surface area contributed by atoms with Crippen LogP contribution in [0.1, 0.15) is 71.6 Å². The van der Waals surface area contributed by atoms with Gasteiger partial charge in [-0.3, -0.25) is 4.79 Å². The molecule has 0 saturated heterocycles. The van der Waals surface area contributed by atoms with Gasteiger partial charge in [-0.1, -0.05) is 6.92 Å². The highest BCUT2D eigenvalue weighted by Gasteiger charge is 2.58. The second-order valence-corrected chi connectivity index (χ2v) is 9.97. The van der Waals surface area contributed by atoms with Crippen LogP contribution in [0.2, 0.25) is 0 Å². The van der Waals surface area contributed by atoms with Crippen molar-refractivity contribution in [1.82, 2.24) is 0 Å². The molecule has 0 amide bonds. The Morgan fingerprint density at radius 2 is 1.71 bits per heavy atom. The molecule has 0 radical (unpaired) electrons.